The average molecular weight is 269 g/mol. The van der Waals surface area contributed by atoms with Gasteiger partial charge in [-0.25, -0.2) is 9.18 Å². The third-order valence-electron chi connectivity index (χ3n) is 2.48. The number of carboxylic acids is 1. The van der Waals surface area contributed by atoms with Crippen molar-refractivity contribution in [2.24, 2.45) is 0 Å². The minimum absolute atomic E-state index is 0.283. The van der Waals surface area contributed by atoms with Crippen molar-refractivity contribution in [3.63, 3.8) is 0 Å². The fourth-order valence-electron chi connectivity index (χ4n) is 1.56. The van der Waals surface area contributed by atoms with Gasteiger partial charge < -0.3 is 15.2 Å². The van der Waals surface area contributed by atoms with Crippen molar-refractivity contribution in [1.29, 1.82) is 0 Å². The number of carbonyl (C=O) groups excluding carboxylic acids is 1. The van der Waals surface area contributed by atoms with Gasteiger partial charge in [0.2, 0.25) is 5.91 Å². The Kier molecular flexibility index (Phi) is 5.95. The third-order valence-corrected chi connectivity index (χ3v) is 2.48. The molecule has 0 spiro atoms. The molecule has 0 unspecified atom stereocenters. The fraction of sp³-hybridized carbons (Fsp3) is 0.385. The standard InChI is InChI=1S/C13H16FNO4/c1-9-6-11(14)3-2-10(9)4-5-15-12(16)7-19-8-13(17)18/h2-3,6H,4-5,7-8H2,1H3,(H,15,16)(H,17,18). The van der Waals surface area contributed by atoms with Crippen LogP contribution in [0.4, 0.5) is 4.39 Å². The third kappa shape index (κ3) is 5.96. The van der Waals surface area contributed by atoms with Crippen LogP contribution in [-0.4, -0.2) is 36.7 Å². The molecule has 0 aliphatic rings. The van der Waals surface area contributed by atoms with Gasteiger partial charge in [0, 0.05) is 6.54 Å². The summed E-state index contributed by atoms with van der Waals surface area (Å²) in [6.45, 7) is 1.41. The lowest BCUT2D eigenvalue weighted by Crippen LogP contribution is -2.30. The van der Waals surface area contributed by atoms with Crippen molar-refractivity contribution in [2.75, 3.05) is 19.8 Å². The van der Waals surface area contributed by atoms with E-state index < -0.39 is 12.6 Å². The second-order valence-corrected chi connectivity index (χ2v) is 4.06. The Bertz CT molecular complexity index is 462. The van der Waals surface area contributed by atoms with Gasteiger partial charge in [0.15, 0.2) is 0 Å². The Morgan fingerprint density at radius 3 is 2.74 bits per heavy atom. The minimum atomic E-state index is -1.12. The van der Waals surface area contributed by atoms with Gasteiger partial charge in [-0.2, -0.15) is 0 Å². The molecule has 104 valence electrons. The zero-order valence-electron chi connectivity index (χ0n) is 10.6. The average Bonchev–Trinajstić information content (AvgIpc) is 2.31. The number of aliphatic carboxylic acids is 1. The van der Waals surface area contributed by atoms with Crippen molar-refractivity contribution in [1.82, 2.24) is 5.32 Å². The van der Waals surface area contributed by atoms with Crippen LogP contribution in [0.1, 0.15) is 11.1 Å². The molecule has 1 rings (SSSR count). The molecule has 5 nitrogen and oxygen atoms in total. The second-order valence-electron chi connectivity index (χ2n) is 4.06. The first-order chi connectivity index (χ1) is 8.99. The van der Waals surface area contributed by atoms with Crippen LogP contribution in [0.25, 0.3) is 0 Å². The zero-order chi connectivity index (χ0) is 14.3. The maximum Gasteiger partial charge on any atom is 0.329 e. The molecule has 19 heavy (non-hydrogen) atoms. The molecule has 0 bridgehead atoms. The van der Waals surface area contributed by atoms with Gasteiger partial charge in [-0.15, -0.1) is 0 Å². The van der Waals surface area contributed by atoms with Crippen molar-refractivity contribution < 1.29 is 23.8 Å². The smallest absolute Gasteiger partial charge is 0.329 e. The number of hydrogen-bond acceptors (Lipinski definition) is 3. The molecule has 0 saturated heterocycles. The van der Waals surface area contributed by atoms with Crippen LogP contribution in [0.2, 0.25) is 0 Å². The van der Waals surface area contributed by atoms with E-state index in [1.165, 1.54) is 12.1 Å². The van der Waals surface area contributed by atoms with Crippen molar-refractivity contribution in [2.45, 2.75) is 13.3 Å². The summed E-state index contributed by atoms with van der Waals surface area (Å²) < 4.78 is 17.5. The molecule has 2 N–H and O–H groups in total. The summed E-state index contributed by atoms with van der Waals surface area (Å²) >= 11 is 0. The Hall–Kier alpha value is -1.95. The molecule has 0 radical (unpaired) electrons. The summed E-state index contributed by atoms with van der Waals surface area (Å²) in [6, 6.07) is 4.49. The van der Waals surface area contributed by atoms with E-state index in [0.717, 1.165) is 11.1 Å². The molecule has 1 amide bonds. The zero-order valence-corrected chi connectivity index (χ0v) is 10.6. The SMILES string of the molecule is Cc1cc(F)ccc1CCNC(=O)COCC(=O)O. The summed E-state index contributed by atoms with van der Waals surface area (Å²) in [5.41, 5.74) is 1.78. The highest BCUT2D eigenvalue weighted by molar-refractivity contribution is 5.77. The van der Waals surface area contributed by atoms with Crippen molar-refractivity contribution in [3.05, 3.63) is 35.1 Å². The number of ether oxygens (including phenoxy) is 1. The molecule has 0 atom stereocenters. The van der Waals surface area contributed by atoms with Gasteiger partial charge in [0.1, 0.15) is 19.0 Å². The maximum atomic E-state index is 12.9. The van der Waals surface area contributed by atoms with E-state index in [1.54, 1.807) is 13.0 Å². The normalized spacial score (nSPS) is 10.2. The molecule has 0 aliphatic carbocycles. The summed E-state index contributed by atoms with van der Waals surface area (Å²) in [7, 11) is 0. The highest BCUT2D eigenvalue weighted by Gasteiger charge is 2.04. The number of amides is 1. The van der Waals surface area contributed by atoms with Gasteiger partial charge >= 0.3 is 5.97 Å². The van der Waals surface area contributed by atoms with Crippen LogP contribution in [0.3, 0.4) is 0 Å². The number of hydrogen-bond donors (Lipinski definition) is 2. The summed E-state index contributed by atoms with van der Waals surface area (Å²) in [6.07, 6.45) is 0.580. The quantitative estimate of drug-likeness (QED) is 0.771. The molecule has 0 aromatic heterocycles. The van der Waals surface area contributed by atoms with Crippen LogP contribution in [0.5, 0.6) is 0 Å². The molecule has 1 aromatic rings. The highest BCUT2D eigenvalue weighted by Crippen LogP contribution is 2.10. The first-order valence-corrected chi connectivity index (χ1v) is 5.80. The number of nitrogens with one attached hydrogen (secondary N) is 1. The van der Waals surface area contributed by atoms with Crippen molar-refractivity contribution >= 4 is 11.9 Å². The minimum Gasteiger partial charge on any atom is -0.480 e. The van der Waals surface area contributed by atoms with Gasteiger partial charge in [-0.05, 0) is 36.6 Å². The predicted octanol–water partition coefficient (Wildman–Crippen LogP) is 0.894. The van der Waals surface area contributed by atoms with Gasteiger partial charge in [0.25, 0.3) is 0 Å². The van der Waals surface area contributed by atoms with Crippen LogP contribution in [0, 0.1) is 12.7 Å². The van der Waals surface area contributed by atoms with E-state index in [1.807, 2.05) is 0 Å². The molecule has 0 aliphatic heterocycles. The van der Waals surface area contributed by atoms with E-state index in [4.69, 9.17) is 5.11 Å². The molecule has 1 aromatic carbocycles. The molecule has 0 fully saturated rings. The second kappa shape index (κ2) is 7.48. The van der Waals surface area contributed by atoms with E-state index >= 15 is 0 Å². The summed E-state index contributed by atoms with van der Waals surface area (Å²) in [4.78, 5) is 21.4. The number of carbonyl (C=O) groups is 2. The topological polar surface area (TPSA) is 75.6 Å². The summed E-state index contributed by atoms with van der Waals surface area (Å²) in [5, 5.41) is 10.9. The summed E-state index contributed by atoms with van der Waals surface area (Å²) in [5.74, 6) is -1.77. The predicted molar refractivity (Wildman–Crippen MR) is 66.3 cm³/mol. The number of carboxylic acid groups (broad SMARTS) is 1. The monoisotopic (exact) mass is 269 g/mol. The van der Waals surface area contributed by atoms with E-state index in [0.29, 0.717) is 13.0 Å². The first-order valence-electron chi connectivity index (χ1n) is 5.80. The maximum absolute atomic E-state index is 12.9. The van der Waals surface area contributed by atoms with Crippen LogP contribution < -0.4 is 5.32 Å². The Balaban J connectivity index is 2.26. The lowest BCUT2D eigenvalue weighted by molar-refractivity contribution is -0.143. The van der Waals surface area contributed by atoms with Crippen LogP contribution in [-0.2, 0) is 20.7 Å². The largest absolute Gasteiger partial charge is 0.480 e. The van der Waals surface area contributed by atoms with Crippen LogP contribution in [0.15, 0.2) is 18.2 Å². The van der Waals surface area contributed by atoms with Gasteiger partial charge in [-0.1, -0.05) is 6.07 Å². The van der Waals surface area contributed by atoms with E-state index in [9.17, 15) is 14.0 Å². The fourth-order valence-corrected chi connectivity index (χ4v) is 1.56. The number of rotatable bonds is 7. The molecule has 0 heterocycles. The molecular formula is C13H16FNO4. The van der Waals surface area contributed by atoms with E-state index in [-0.39, 0.29) is 18.3 Å². The van der Waals surface area contributed by atoms with Gasteiger partial charge in [-0.3, -0.25) is 4.79 Å². The Morgan fingerprint density at radius 2 is 2.11 bits per heavy atom. The first kappa shape index (κ1) is 15.1. The van der Waals surface area contributed by atoms with Crippen LogP contribution >= 0.6 is 0 Å². The number of halogens is 1. The lowest BCUT2D eigenvalue weighted by atomic mass is 10.1. The highest BCUT2D eigenvalue weighted by atomic mass is 19.1. The lowest BCUT2D eigenvalue weighted by Gasteiger charge is -2.07. The van der Waals surface area contributed by atoms with Gasteiger partial charge in [0.05, 0.1) is 0 Å². The van der Waals surface area contributed by atoms with Crippen molar-refractivity contribution in [3.8, 4) is 0 Å². The molecular weight excluding hydrogens is 253 g/mol. The number of aryl methyl sites for hydroxylation is 1. The Morgan fingerprint density at radius 1 is 1.37 bits per heavy atom. The number of benzene rings is 1. The molecule has 0 saturated carbocycles. The van der Waals surface area contributed by atoms with E-state index in [2.05, 4.69) is 10.1 Å². The Labute approximate surface area is 110 Å². The molecule has 6 heteroatoms.